The number of rotatable bonds is 4. The Balaban J connectivity index is 2.43. The molecular weight excluding hydrogens is 265 g/mol. The second-order valence-corrected chi connectivity index (χ2v) is 4.91. The zero-order valence-corrected chi connectivity index (χ0v) is 11.7. The van der Waals surface area contributed by atoms with Gasteiger partial charge in [-0.25, -0.2) is 0 Å². The van der Waals surface area contributed by atoms with Crippen LogP contribution >= 0.6 is 23.2 Å². The molecule has 2 aromatic carbocycles. The number of hydrogen-bond donors (Lipinski definition) is 1. The molecule has 2 aromatic rings. The molecule has 3 heteroatoms. The van der Waals surface area contributed by atoms with Crippen molar-refractivity contribution in [3.63, 3.8) is 0 Å². The van der Waals surface area contributed by atoms with Crippen molar-refractivity contribution in [1.29, 1.82) is 0 Å². The maximum atomic E-state index is 6.27. The van der Waals surface area contributed by atoms with Crippen LogP contribution in [0.2, 0.25) is 10.0 Å². The van der Waals surface area contributed by atoms with Crippen molar-refractivity contribution in [2.75, 3.05) is 6.54 Å². The fourth-order valence-electron chi connectivity index (χ4n) is 1.90. The van der Waals surface area contributed by atoms with Crippen LogP contribution in [0.25, 0.3) is 11.1 Å². The third-order valence-corrected chi connectivity index (χ3v) is 3.35. The number of halogens is 2. The van der Waals surface area contributed by atoms with Crippen molar-refractivity contribution in [2.45, 2.75) is 13.5 Å². The first-order valence-electron chi connectivity index (χ1n) is 5.96. The molecule has 0 bridgehead atoms. The molecule has 18 heavy (non-hydrogen) atoms. The molecule has 0 saturated carbocycles. The summed E-state index contributed by atoms with van der Waals surface area (Å²) < 4.78 is 0. The topological polar surface area (TPSA) is 12.0 Å². The van der Waals surface area contributed by atoms with Crippen LogP contribution in [0.15, 0.2) is 42.5 Å². The summed E-state index contributed by atoms with van der Waals surface area (Å²) in [6, 6.07) is 13.9. The van der Waals surface area contributed by atoms with E-state index >= 15 is 0 Å². The van der Waals surface area contributed by atoms with Gasteiger partial charge in [0.05, 0.1) is 0 Å². The molecule has 0 saturated heterocycles. The van der Waals surface area contributed by atoms with Gasteiger partial charge in [-0.3, -0.25) is 0 Å². The average molecular weight is 280 g/mol. The van der Waals surface area contributed by atoms with Gasteiger partial charge in [0, 0.05) is 22.2 Å². The first kappa shape index (κ1) is 13.4. The Hall–Kier alpha value is -1.02. The molecule has 2 rings (SSSR count). The highest BCUT2D eigenvalue weighted by molar-refractivity contribution is 6.36. The van der Waals surface area contributed by atoms with Crippen LogP contribution in [-0.2, 0) is 6.54 Å². The molecule has 1 nitrogen and oxygen atoms in total. The molecule has 0 atom stereocenters. The standard InChI is InChI=1S/C15H15Cl2N/c1-2-18-10-11-5-3-4-6-13(11)14-8-7-12(16)9-15(14)17/h3-9,18H,2,10H2,1H3. The van der Waals surface area contributed by atoms with Crippen LogP contribution in [-0.4, -0.2) is 6.54 Å². The second-order valence-electron chi connectivity index (χ2n) is 4.06. The largest absolute Gasteiger partial charge is 0.313 e. The minimum Gasteiger partial charge on any atom is -0.313 e. The maximum absolute atomic E-state index is 6.27. The monoisotopic (exact) mass is 279 g/mol. The summed E-state index contributed by atoms with van der Waals surface area (Å²) in [5.41, 5.74) is 3.42. The predicted molar refractivity (Wildman–Crippen MR) is 79.3 cm³/mol. The molecule has 0 fully saturated rings. The van der Waals surface area contributed by atoms with Gasteiger partial charge in [0.15, 0.2) is 0 Å². The first-order valence-corrected chi connectivity index (χ1v) is 6.72. The summed E-state index contributed by atoms with van der Waals surface area (Å²) >= 11 is 12.2. The van der Waals surface area contributed by atoms with E-state index < -0.39 is 0 Å². The lowest BCUT2D eigenvalue weighted by Crippen LogP contribution is -2.12. The lowest BCUT2D eigenvalue weighted by molar-refractivity contribution is 0.728. The minimum absolute atomic E-state index is 0.660. The van der Waals surface area contributed by atoms with Crippen LogP contribution in [0, 0.1) is 0 Å². The highest BCUT2D eigenvalue weighted by Crippen LogP contribution is 2.32. The minimum atomic E-state index is 0.660. The van der Waals surface area contributed by atoms with Crippen molar-refractivity contribution in [2.24, 2.45) is 0 Å². The van der Waals surface area contributed by atoms with Gasteiger partial charge < -0.3 is 5.32 Å². The van der Waals surface area contributed by atoms with Crippen molar-refractivity contribution in [1.82, 2.24) is 5.32 Å². The smallest absolute Gasteiger partial charge is 0.0499 e. The van der Waals surface area contributed by atoms with Gasteiger partial charge in [0.2, 0.25) is 0 Å². The highest BCUT2D eigenvalue weighted by Gasteiger charge is 2.08. The highest BCUT2D eigenvalue weighted by atomic mass is 35.5. The van der Waals surface area contributed by atoms with Gasteiger partial charge >= 0.3 is 0 Å². The average Bonchev–Trinajstić information content (AvgIpc) is 2.37. The Kier molecular flexibility index (Phi) is 4.65. The van der Waals surface area contributed by atoms with Crippen molar-refractivity contribution in [3.05, 3.63) is 58.1 Å². The van der Waals surface area contributed by atoms with Gasteiger partial charge in [-0.1, -0.05) is 60.5 Å². The van der Waals surface area contributed by atoms with E-state index in [2.05, 4.69) is 24.4 Å². The quantitative estimate of drug-likeness (QED) is 0.850. The van der Waals surface area contributed by atoms with E-state index in [1.54, 1.807) is 6.07 Å². The van der Waals surface area contributed by atoms with E-state index in [9.17, 15) is 0 Å². The molecule has 0 aromatic heterocycles. The summed E-state index contributed by atoms with van der Waals surface area (Å²) in [5, 5.41) is 4.68. The molecular formula is C15H15Cl2N. The molecule has 0 aliphatic carbocycles. The molecule has 0 aliphatic heterocycles. The Morgan fingerprint density at radius 3 is 2.50 bits per heavy atom. The molecule has 0 amide bonds. The second kappa shape index (κ2) is 6.24. The van der Waals surface area contributed by atoms with Gasteiger partial charge in [0.1, 0.15) is 0 Å². The maximum Gasteiger partial charge on any atom is 0.0499 e. The zero-order valence-electron chi connectivity index (χ0n) is 10.2. The van der Waals surface area contributed by atoms with Crippen LogP contribution in [0.5, 0.6) is 0 Å². The van der Waals surface area contributed by atoms with E-state index in [0.29, 0.717) is 10.0 Å². The molecule has 0 radical (unpaired) electrons. The zero-order chi connectivity index (χ0) is 13.0. The van der Waals surface area contributed by atoms with E-state index in [4.69, 9.17) is 23.2 Å². The van der Waals surface area contributed by atoms with Gasteiger partial charge in [-0.15, -0.1) is 0 Å². The van der Waals surface area contributed by atoms with Crippen molar-refractivity contribution < 1.29 is 0 Å². The van der Waals surface area contributed by atoms with Crippen LogP contribution in [0.3, 0.4) is 0 Å². The number of nitrogens with one attached hydrogen (secondary N) is 1. The van der Waals surface area contributed by atoms with E-state index in [-0.39, 0.29) is 0 Å². The fraction of sp³-hybridized carbons (Fsp3) is 0.200. The number of hydrogen-bond acceptors (Lipinski definition) is 1. The molecule has 0 heterocycles. The van der Waals surface area contributed by atoms with E-state index in [1.807, 2.05) is 24.3 Å². The first-order chi connectivity index (χ1) is 8.72. The summed E-state index contributed by atoms with van der Waals surface area (Å²) in [6.45, 7) is 3.88. The lowest BCUT2D eigenvalue weighted by atomic mass is 9.99. The normalized spacial score (nSPS) is 10.6. The SMILES string of the molecule is CCNCc1ccccc1-c1ccc(Cl)cc1Cl. The molecule has 0 aliphatic rings. The lowest BCUT2D eigenvalue weighted by Gasteiger charge is -2.11. The summed E-state index contributed by atoms with van der Waals surface area (Å²) in [4.78, 5) is 0. The predicted octanol–water partition coefficient (Wildman–Crippen LogP) is 4.77. The summed E-state index contributed by atoms with van der Waals surface area (Å²) in [6.07, 6.45) is 0. The van der Waals surface area contributed by atoms with Crippen molar-refractivity contribution in [3.8, 4) is 11.1 Å². The molecule has 0 spiro atoms. The van der Waals surface area contributed by atoms with Gasteiger partial charge in [-0.2, -0.15) is 0 Å². The molecule has 94 valence electrons. The van der Waals surface area contributed by atoms with E-state index in [1.165, 1.54) is 5.56 Å². The van der Waals surface area contributed by atoms with Crippen molar-refractivity contribution >= 4 is 23.2 Å². The molecule has 0 unspecified atom stereocenters. The van der Waals surface area contributed by atoms with Crippen LogP contribution in [0.4, 0.5) is 0 Å². The Morgan fingerprint density at radius 1 is 1.00 bits per heavy atom. The summed E-state index contributed by atoms with van der Waals surface area (Å²) in [5.74, 6) is 0. The third-order valence-electron chi connectivity index (χ3n) is 2.80. The Labute approximate surface area is 118 Å². The Bertz CT molecular complexity index is 538. The fourth-order valence-corrected chi connectivity index (χ4v) is 2.42. The Morgan fingerprint density at radius 2 is 1.78 bits per heavy atom. The van der Waals surface area contributed by atoms with Crippen LogP contribution < -0.4 is 5.32 Å². The molecule has 1 N–H and O–H groups in total. The third kappa shape index (κ3) is 3.05. The van der Waals surface area contributed by atoms with Gasteiger partial charge in [-0.05, 0) is 29.8 Å². The summed E-state index contributed by atoms with van der Waals surface area (Å²) in [7, 11) is 0. The van der Waals surface area contributed by atoms with E-state index in [0.717, 1.165) is 24.2 Å². The van der Waals surface area contributed by atoms with Crippen LogP contribution in [0.1, 0.15) is 12.5 Å². The van der Waals surface area contributed by atoms with Gasteiger partial charge in [0.25, 0.3) is 0 Å². The number of benzene rings is 2.